The average Bonchev–Trinajstić information content (AvgIpc) is 3.07. The van der Waals surface area contributed by atoms with Crippen LogP contribution >= 0.6 is 0 Å². The molecule has 0 saturated carbocycles. The number of rotatable bonds is 9. The average molecular weight is 516 g/mol. The number of likely N-dealkylation sites (N-methyl/N-ethyl adjacent to an activating group) is 1. The van der Waals surface area contributed by atoms with Crippen LogP contribution in [0.1, 0.15) is 47.9 Å². The summed E-state index contributed by atoms with van der Waals surface area (Å²) in [7, 11) is -1.17. The molecule has 2 bridgehead atoms. The van der Waals surface area contributed by atoms with Gasteiger partial charge in [0.05, 0.1) is 17.9 Å². The Balaban J connectivity index is 2.17. The van der Waals surface area contributed by atoms with Crippen molar-refractivity contribution in [3.05, 3.63) is 59.7 Å². The quantitative estimate of drug-likeness (QED) is 0.261. The van der Waals surface area contributed by atoms with Crippen molar-refractivity contribution in [2.75, 3.05) is 18.7 Å². The summed E-state index contributed by atoms with van der Waals surface area (Å²) < 4.78 is 12.2. The van der Waals surface area contributed by atoms with Gasteiger partial charge in [-0.25, -0.2) is 9.80 Å². The number of aliphatic hydroxyl groups is 1. The van der Waals surface area contributed by atoms with Crippen molar-refractivity contribution in [3.63, 3.8) is 0 Å². The number of hydrogen-bond acceptors (Lipinski definition) is 8. The van der Waals surface area contributed by atoms with E-state index in [4.69, 9.17) is 9.26 Å². The SMILES string of the molecule is CN(C(=O)c1ccccc1)C1(C(=O)O)Oc2ccc(cc2C(=O)CCO)N1NO[Si](C)(C)C(C)(C)C. The molecule has 10 nitrogen and oxygen atoms in total. The predicted octanol–water partition coefficient (Wildman–Crippen LogP) is 3.40. The summed E-state index contributed by atoms with van der Waals surface area (Å²) in [4.78, 5) is 40.2. The number of aliphatic carboxylic acids is 1. The molecular weight excluding hydrogens is 482 g/mol. The van der Waals surface area contributed by atoms with E-state index in [2.05, 4.69) is 5.59 Å². The van der Waals surface area contributed by atoms with E-state index in [1.807, 2.05) is 33.9 Å². The number of anilines is 1. The summed E-state index contributed by atoms with van der Waals surface area (Å²) in [6.07, 6.45) is -0.174. The number of fused-ring (bicyclic) bond motifs is 4. The monoisotopic (exact) mass is 515 g/mol. The molecule has 1 unspecified atom stereocenters. The summed E-state index contributed by atoms with van der Waals surface area (Å²) in [5.74, 6) is -5.06. The van der Waals surface area contributed by atoms with Gasteiger partial charge in [0.15, 0.2) is 5.78 Å². The van der Waals surface area contributed by atoms with E-state index in [0.717, 1.165) is 9.91 Å². The summed E-state index contributed by atoms with van der Waals surface area (Å²) >= 11 is 0. The lowest BCUT2D eigenvalue weighted by Gasteiger charge is -2.45. The van der Waals surface area contributed by atoms with Gasteiger partial charge < -0.3 is 19.5 Å². The van der Waals surface area contributed by atoms with Crippen molar-refractivity contribution >= 4 is 31.7 Å². The second-order valence-corrected chi connectivity index (χ2v) is 14.8. The molecule has 2 aliphatic heterocycles. The van der Waals surface area contributed by atoms with Crippen LogP contribution in [0.25, 0.3) is 0 Å². The number of carboxylic acid groups (broad SMARTS) is 1. The summed E-state index contributed by atoms with van der Waals surface area (Å²) in [6.45, 7) is 9.63. The first-order chi connectivity index (χ1) is 16.8. The van der Waals surface area contributed by atoms with Crippen molar-refractivity contribution in [3.8, 4) is 5.75 Å². The van der Waals surface area contributed by atoms with Crippen LogP contribution in [-0.2, 0) is 9.32 Å². The Morgan fingerprint density at radius 3 is 2.33 bits per heavy atom. The van der Waals surface area contributed by atoms with Gasteiger partial charge in [-0.05, 0) is 48.5 Å². The molecule has 194 valence electrons. The van der Waals surface area contributed by atoms with Gasteiger partial charge >= 0.3 is 11.8 Å². The van der Waals surface area contributed by atoms with Gasteiger partial charge in [0.1, 0.15) is 5.75 Å². The molecular formula is C25H33N3O7Si. The number of carbonyl (C=O) groups is 3. The van der Waals surface area contributed by atoms with Gasteiger partial charge in [-0.1, -0.05) is 39.0 Å². The lowest BCUT2D eigenvalue weighted by Crippen LogP contribution is -2.73. The lowest BCUT2D eigenvalue weighted by molar-refractivity contribution is -0.173. The van der Waals surface area contributed by atoms with Gasteiger partial charge in [0.25, 0.3) is 5.91 Å². The number of hydrogen-bond donors (Lipinski definition) is 3. The van der Waals surface area contributed by atoms with Gasteiger partial charge in [-0.15, -0.1) is 5.59 Å². The zero-order valence-corrected chi connectivity index (χ0v) is 22.4. The molecule has 36 heavy (non-hydrogen) atoms. The number of nitrogens with zero attached hydrogens (tertiary/aromatic N) is 2. The van der Waals surface area contributed by atoms with Gasteiger partial charge in [0.2, 0.25) is 8.32 Å². The standard InChI is InChI=1S/C25H33N3O7Si/c1-24(2,3)36(5,6)35-26-28-18-12-13-21(19(16-18)20(30)14-15-29)34-25(28,23(32)33)27(4)22(31)17-10-8-7-9-11-17/h7-13,16,26,29H,14-15H2,1-6H3,(H,32,33). The fraction of sp³-hybridized carbons (Fsp3) is 0.400. The molecule has 3 N–H and O–H groups in total. The number of hydrazine groups is 1. The van der Waals surface area contributed by atoms with E-state index in [-0.39, 0.29) is 40.6 Å². The summed E-state index contributed by atoms with van der Waals surface area (Å²) in [5, 5.41) is 20.7. The van der Waals surface area contributed by atoms with Crippen LogP contribution < -0.4 is 15.3 Å². The highest BCUT2D eigenvalue weighted by Gasteiger charge is 2.57. The molecule has 0 aliphatic carbocycles. The minimum atomic E-state index is -2.48. The molecule has 0 fully saturated rings. The van der Waals surface area contributed by atoms with Crippen molar-refractivity contribution in [1.29, 1.82) is 0 Å². The van der Waals surface area contributed by atoms with Crippen LogP contribution in [0.2, 0.25) is 18.1 Å². The maximum absolute atomic E-state index is 13.5. The molecule has 2 aromatic rings. The predicted molar refractivity (Wildman–Crippen MR) is 136 cm³/mol. The molecule has 2 aliphatic rings. The van der Waals surface area contributed by atoms with Crippen molar-refractivity contribution in [2.24, 2.45) is 0 Å². The Morgan fingerprint density at radius 2 is 1.78 bits per heavy atom. The minimum Gasteiger partial charge on any atom is -0.475 e. The topological polar surface area (TPSA) is 129 Å². The molecule has 0 saturated heterocycles. The number of Topliss-reactive ketones (excluding diaryl/α,β-unsaturated/α-hetero) is 1. The van der Waals surface area contributed by atoms with E-state index in [1.165, 1.54) is 19.2 Å². The van der Waals surface area contributed by atoms with Crippen LogP contribution in [0.5, 0.6) is 5.75 Å². The highest BCUT2D eigenvalue weighted by atomic mass is 28.4. The third-order valence-electron chi connectivity index (χ3n) is 6.67. The van der Waals surface area contributed by atoms with E-state index >= 15 is 0 Å². The van der Waals surface area contributed by atoms with E-state index in [1.54, 1.807) is 36.4 Å². The summed E-state index contributed by atoms with van der Waals surface area (Å²) in [5.41, 5.74) is 3.34. The van der Waals surface area contributed by atoms with E-state index in [0.29, 0.717) is 0 Å². The van der Waals surface area contributed by atoms with E-state index in [9.17, 15) is 24.6 Å². The smallest absolute Gasteiger partial charge is 0.395 e. The molecule has 1 atom stereocenters. The second-order valence-electron chi connectivity index (χ2n) is 10.1. The van der Waals surface area contributed by atoms with Crippen molar-refractivity contribution < 1.29 is 33.9 Å². The third-order valence-corrected chi connectivity index (χ3v) is 10.9. The Hall–Kier alpha value is -3.25. The Labute approximate surface area is 211 Å². The third kappa shape index (κ3) is 4.87. The normalized spacial score (nSPS) is 17.4. The molecule has 0 radical (unpaired) electrons. The maximum atomic E-state index is 13.5. The zero-order valence-electron chi connectivity index (χ0n) is 21.4. The van der Waals surface area contributed by atoms with Crippen LogP contribution in [0.4, 0.5) is 5.69 Å². The van der Waals surface area contributed by atoms with Crippen LogP contribution in [0.15, 0.2) is 48.5 Å². The lowest BCUT2D eigenvalue weighted by atomic mass is 10.1. The minimum absolute atomic E-state index is 0.0380. The zero-order chi connectivity index (χ0) is 26.9. The Kier molecular flexibility index (Phi) is 7.60. The maximum Gasteiger partial charge on any atom is 0.395 e. The highest BCUT2D eigenvalue weighted by Crippen LogP contribution is 2.40. The first kappa shape index (κ1) is 27.3. The highest BCUT2D eigenvalue weighted by molar-refractivity contribution is 6.74. The first-order valence-corrected chi connectivity index (χ1v) is 14.4. The number of carboxylic acids is 1. The molecule has 0 aromatic heterocycles. The summed E-state index contributed by atoms with van der Waals surface area (Å²) in [6, 6.07) is 12.7. The van der Waals surface area contributed by atoms with Crippen molar-refractivity contribution in [1.82, 2.24) is 10.5 Å². The fourth-order valence-corrected chi connectivity index (χ4v) is 4.04. The molecule has 11 heteroatoms. The largest absolute Gasteiger partial charge is 0.475 e. The van der Waals surface area contributed by atoms with Gasteiger partial charge in [-0.3, -0.25) is 14.5 Å². The molecule has 4 rings (SSSR count). The van der Waals surface area contributed by atoms with Gasteiger partial charge in [-0.2, -0.15) is 0 Å². The first-order valence-electron chi connectivity index (χ1n) is 11.5. The number of aliphatic hydroxyl groups excluding tert-OH is 1. The number of ketones is 1. The van der Waals surface area contributed by atoms with Crippen LogP contribution in [-0.4, -0.2) is 60.6 Å². The van der Waals surface area contributed by atoms with Crippen LogP contribution in [0.3, 0.4) is 0 Å². The molecule has 1 amide bonds. The second kappa shape index (κ2) is 10.0. The van der Waals surface area contributed by atoms with E-state index < -0.39 is 31.8 Å². The van der Waals surface area contributed by atoms with Gasteiger partial charge in [0, 0.05) is 19.0 Å². The number of carbonyl (C=O) groups excluding carboxylic acids is 2. The Bertz CT molecular complexity index is 1150. The fourth-order valence-electron chi connectivity index (χ4n) is 3.41. The molecule has 0 spiro atoms. The number of amides is 1. The molecule has 2 aromatic carbocycles. The number of nitrogens with one attached hydrogen (secondary N) is 1. The van der Waals surface area contributed by atoms with Crippen molar-refractivity contribution in [2.45, 2.75) is 51.2 Å². The Morgan fingerprint density at radius 1 is 1.14 bits per heavy atom. The van der Waals surface area contributed by atoms with Crippen LogP contribution in [0, 0.1) is 0 Å². The number of ether oxygens (including phenoxy) is 1. The molecule has 2 heterocycles. The number of benzene rings is 2.